The molecule has 4 aromatic rings. The average molecular weight is 656 g/mol. The number of allylic oxidation sites excluding steroid dienone is 9. The third-order valence-corrected chi connectivity index (χ3v) is 9.80. The Labute approximate surface area is 296 Å². The van der Waals surface area contributed by atoms with Crippen molar-refractivity contribution >= 4 is 28.0 Å². The predicted octanol–water partition coefficient (Wildman–Crippen LogP) is 8.80. The van der Waals surface area contributed by atoms with E-state index in [1.54, 1.807) is 30.3 Å². The van der Waals surface area contributed by atoms with Crippen LogP contribution in [0.1, 0.15) is 59.2 Å². The van der Waals surface area contributed by atoms with E-state index in [0.29, 0.717) is 46.6 Å². The molecule has 3 aliphatic carbocycles. The second kappa shape index (κ2) is 12.6. The van der Waals surface area contributed by atoms with E-state index in [0.717, 1.165) is 77.9 Å². The Kier molecular flexibility index (Phi) is 7.94. The maximum Gasteiger partial charge on any atom is 0.121 e. The van der Waals surface area contributed by atoms with Crippen molar-refractivity contribution in [3.63, 3.8) is 0 Å². The molecule has 0 heterocycles. The molecule has 1 unspecified atom stereocenters. The highest BCUT2D eigenvalue weighted by Crippen LogP contribution is 2.65. The summed E-state index contributed by atoms with van der Waals surface area (Å²) in [5.74, 6) is -0.137. The SMILES string of the molecule is C=C/C(C#N)=C1\C2=C(C3=C(/C(=C(/C#N)NCC)c4cc(-c5cc(N)cc(C#N)c5)ccc43)C2CC)c2ccc(-c3cc(C#N)cc(C#N)c3)cc21. The van der Waals surface area contributed by atoms with Gasteiger partial charge in [-0.15, -0.1) is 0 Å². The summed E-state index contributed by atoms with van der Waals surface area (Å²) in [5, 5.41) is 53.2. The lowest BCUT2D eigenvalue weighted by atomic mass is 9.81. The van der Waals surface area contributed by atoms with Gasteiger partial charge in [-0.3, -0.25) is 0 Å². The summed E-state index contributed by atoms with van der Waals surface area (Å²) >= 11 is 0. The van der Waals surface area contributed by atoms with E-state index in [4.69, 9.17) is 5.73 Å². The lowest BCUT2D eigenvalue weighted by molar-refractivity contribution is 0.737. The molecule has 240 valence electrons. The van der Waals surface area contributed by atoms with Crippen molar-refractivity contribution in [3.05, 3.63) is 147 Å². The van der Waals surface area contributed by atoms with Gasteiger partial charge in [0.1, 0.15) is 11.8 Å². The third-order valence-electron chi connectivity index (χ3n) is 9.80. The fourth-order valence-corrected chi connectivity index (χ4v) is 7.85. The van der Waals surface area contributed by atoms with Gasteiger partial charge in [-0.1, -0.05) is 43.8 Å². The maximum atomic E-state index is 10.5. The molecule has 7 rings (SSSR count). The van der Waals surface area contributed by atoms with E-state index in [-0.39, 0.29) is 5.92 Å². The van der Waals surface area contributed by atoms with Crippen LogP contribution in [0, 0.1) is 62.6 Å². The van der Waals surface area contributed by atoms with Gasteiger partial charge in [0.2, 0.25) is 0 Å². The number of rotatable bonds is 6. The van der Waals surface area contributed by atoms with E-state index in [9.17, 15) is 26.3 Å². The van der Waals surface area contributed by atoms with E-state index >= 15 is 0 Å². The number of nitrogens with zero attached hydrogens (tertiary/aromatic N) is 5. The van der Waals surface area contributed by atoms with Crippen molar-refractivity contribution < 1.29 is 0 Å². The fourth-order valence-electron chi connectivity index (χ4n) is 7.85. The smallest absolute Gasteiger partial charge is 0.121 e. The van der Waals surface area contributed by atoms with Crippen molar-refractivity contribution in [2.75, 3.05) is 12.3 Å². The lowest BCUT2D eigenvalue weighted by Crippen LogP contribution is -2.15. The van der Waals surface area contributed by atoms with Gasteiger partial charge >= 0.3 is 0 Å². The fraction of sp³-hybridized carbons (Fsp3) is 0.114. The monoisotopic (exact) mass is 655 g/mol. The maximum absolute atomic E-state index is 10.5. The van der Waals surface area contributed by atoms with Crippen LogP contribution in [0.4, 0.5) is 5.69 Å². The van der Waals surface area contributed by atoms with Gasteiger partial charge in [-0.2, -0.15) is 26.3 Å². The van der Waals surface area contributed by atoms with E-state index in [1.807, 2.05) is 37.3 Å². The Morgan fingerprint density at radius 1 is 0.667 bits per heavy atom. The normalized spacial score (nSPS) is 16.8. The summed E-state index contributed by atoms with van der Waals surface area (Å²) < 4.78 is 0. The molecule has 3 aliphatic rings. The highest BCUT2D eigenvalue weighted by atomic mass is 14.9. The summed E-state index contributed by atoms with van der Waals surface area (Å²) in [4.78, 5) is 0. The molecule has 0 aromatic heterocycles. The zero-order valence-electron chi connectivity index (χ0n) is 28.0. The molecule has 0 saturated carbocycles. The standard InChI is InChI=1S/C44H29N7/c1-4-27(22-48)39-36-17-28(30-12-24(19-45)11-25(13-30)20-46)7-9-34(36)43-41(39)33(5-2)42-40(38(23-49)51-6-3)37-18-29(8-10-35(37)44(42)43)31-14-26(21-47)15-32(50)16-31/h4,7-18,33,51H,1,5-6,50H2,2-3H3/b39-27+,40-38-. The predicted molar refractivity (Wildman–Crippen MR) is 199 cm³/mol. The molecular formula is C44H29N7. The van der Waals surface area contributed by atoms with E-state index in [2.05, 4.69) is 67.4 Å². The Morgan fingerprint density at radius 2 is 1.20 bits per heavy atom. The topological polar surface area (TPSA) is 157 Å². The first kappa shape index (κ1) is 32.2. The highest BCUT2D eigenvalue weighted by molar-refractivity contribution is 6.28. The van der Waals surface area contributed by atoms with Crippen LogP contribution >= 0.6 is 0 Å². The first-order valence-electron chi connectivity index (χ1n) is 16.5. The van der Waals surface area contributed by atoms with Gasteiger partial charge < -0.3 is 11.1 Å². The molecule has 0 spiro atoms. The van der Waals surface area contributed by atoms with Gasteiger partial charge in [-0.05, 0) is 129 Å². The molecule has 1 atom stereocenters. The summed E-state index contributed by atoms with van der Waals surface area (Å²) in [6.45, 7) is 8.65. The van der Waals surface area contributed by atoms with Crippen LogP contribution in [0.5, 0.6) is 0 Å². The Balaban J connectivity index is 1.51. The number of nitrogens with two attached hydrogens (primary N) is 1. The quantitative estimate of drug-likeness (QED) is 0.155. The van der Waals surface area contributed by atoms with Gasteiger partial charge in [0.05, 0.1) is 46.5 Å². The Morgan fingerprint density at radius 3 is 1.69 bits per heavy atom. The number of hydrogen-bond acceptors (Lipinski definition) is 7. The van der Waals surface area contributed by atoms with E-state index in [1.165, 1.54) is 0 Å². The van der Waals surface area contributed by atoms with Crippen LogP contribution in [-0.4, -0.2) is 6.54 Å². The zero-order chi connectivity index (χ0) is 36.0. The largest absolute Gasteiger partial charge is 0.399 e. The summed E-state index contributed by atoms with van der Waals surface area (Å²) in [7, 11) is 0. The van der Waals surface area contributed by atoms with Crippen molar-refractivity contribution in [1.82, 2.24) is 5.32 Å². The molecule has 0 radical (unpaired) electrons. The van der Waals surface area contributed by atoms with Crippen LogP contribution in [0.2, 0.25) is 0 Å². The third kappa shape index (κ3) is 4.92. The number of nitrogen functional groups attached to an aromatic ring is 1. The van der Waals surface area contributed by atoms with Crippen LogP contribution in [0.3, 0.4) is 0 Å². The summed E-state index contributed by atoms with van der Waals surface area (Å²) in [5.41, 5.74) is 21.6. The van der Waals surface area contributed by atoms with Gasteiger partial charge in [0.25, 0.3) is 0 Å². The highest BCUT2D eigenvalue weighted by Gasteiger charge is 2.47. The van der Waals surface area contributed by atoms with Crippen molar-refractivity contribution in [3.8, 4) is 52.6 Å². The van der Waals surface area contributed by atoms with Crippen molar-refractivity contribution in [1.29, 1.82) is 26.3 Å². The molecule has 4 aromatic carbocycles. The van der Waals surface area contributed by atoms with Crippen molar-refractivity contribution in [2.45, 2.75) is 20.3 Å². The second-order valence-corrected chi connectivity index (χ2v) is 12.5. The van der Waals surface area contributed by atoms with Crippen LogP contribution in [0.25, 0.3) is 44.5 Å². The molecule has 0 saturated heterocycles. The molecular weight excluding hydrogens is 627 g/mol. The average Bonchev–Trinajstić information content (AvgIpc) is 3.78. The van der Waals surface area contributed by atoms with Gasteiger partial charge in [-0.25, -0.2) is 0 Å². The number of hydrogen-bond donors (Lipinski definition) is 2. The molecule has 0 amide bonds. The Bertz CT molecular complexity index is 2580. The summed E-state index contributed by atoms with van der Waals surface area (Å²) in [6.07, 6.45) is 2.31. The van der Waals surface area contributed by atoms with Gasteiger partial charge in [0, 0.05) is 29.3 Å². The number of nitriles is 5. The number of anilines is 1. The first-order chi connectivity index (χ1) is 24.8. The van der Waals surface area contributed by atoms with E-state index < -0.39 is 0 Å². The minimum absolute atomic E-state index is 0.137. The van der Waals surface area contributed by atoms with Gasteiger partial charge in [0.15, 0.2) is 0 Å². The minimum Gasteiger partial charge on any atom is -0.399 e. The molecule has 0 aliphatic heterocycles. The summed E-state index contributed by atoms with van der Waals surface area (Å²) in [6, 6.07) is 34.0. The minimum atomic E-state index is -0.137. The number of nitrogens with one attached hydrogen (secondary N) is 1. The number of benzene rings is 4. The van der Waals surface area contributed by atoms with Crippen LogP contribution in [-0.2, 0) is 0 Å². The van der Waals surface area contributed by atoms with Crippen LogP contribution < -0.4 is 11.1 Å². The molecule has 7 heteroatoms. The molecule has 51 heavy (non-hydrogen) atoms. The molecule has 0 bridgehead atoms. The number of fused-ring (bicyclic) bond motifs is 5. The van der Waals surface area contributed by atoms with Crippen molar-refractivity contribution in [2.24, 2.45) is 5.92 Å². The zero-order valence-corrected chi connectivity index (χ0v) is 28.0. The first-order valence-corrected chi connectivity index (χ1v) is 16.5. The second-order valence-electron chi connectivity index (χ2n) is 12.5. The molecule has 7 nitrogen and oxygen atoms in total. The lowest BCUT2D eigenvalue weighted by Gasteiger charge is -2.22. The molecule has 0 fully saturated rings. The van der Waals surface area contributed by atoms with Crippen LogP contribution in [0.15, 0.2) is 108 Å². The molecule has 3 N–H and O–H groups in total. The Hall–Kier alpha value is -7.37.